The molecule has 0 radical (unpaired) electrons. The van der Waals surface area contributed by atoms with Crippen LogP contribution in [0.3, 0.4) is 0 Å². The van der Waals surface area contributed by atoms with Crippen LogP contribution in [0, 0.1) is 6.92 Å². The summed E-state index contributed by atoms with van der Waals surface area (Å²) in [6, 6.07) is 24.7. The van der Waals surface area contributed by atoms with Crippen molar-refractivity contribution in [3.05, 3.63) is 139 Å². The minimum Gasteiger partial charge on any atom is -0.461 e. The van der Waals surface area contributed by atoms with Crippen molar-refractivity contribution < 1.29 is 19.1 Å². The van der Waals surface area contributed by atoms with E-state index in [1.807, 2.05) is 19.1 Å². The Balaban J connectivity index is 1.88. The van der Waals surface area contributed by atoms with Gasteiger partial charge in [-0.2, -0.15) is 0 Å². The fraction of sp³-hybridized carbons (Fsp3) is 0.188. The monoisotopic (exact) mass is 566 g/mol. The van der Waals surface area contributed by atoms with Gasteiger partial charge in [-0.05, 0) is 50.6 Å². The maximum Gasteiger partial charge on any atom is 0.356 e. The van der Waals surface area contributed by atoms with E-state index < -0.39 is 29.0 Å². The van der Waals surface area contributed by atoms with Crippen LogP contribution in [0.5, 0.6) is 0 Å². The van der Waals surface area contributed by atoms with Crippen molar-refractivity contribution in [2.24, 2.45) is 0 Å². The third kappa shape index (κ3) is 5.22. The standard InChI is InChI=1S/C32H30N4O6/c1-4-41-31(39)27-25(29(37)35(33-27)22-12-8-6-9-13-22)24(21-18-16-20(3)17-19-21)26-28(32(40)42-5-2)34-36(30(26)38)23-14-10-7-11-15-23/h6-19,24,33-34H,4-5H2,1-3H3. The first-order chi connectivity index (χ1) is 20.3. The maximum absolute atomic E-state index is 14.2. The number of rotatable bonds is 9. The number of benzene rings is 3. The molecular formula is C32H30N4O6. The molecule has 0 saturated carbocycles. The van der Waals surface area contributed by atoms with Crippen LogP contribution in [-0.2, 0) is 9.47 Å². The van der Waals surface area contributed by atoms with Crippen molar-refractivity contribution in [3.8, 4) is 11.4 Å². The molecule has 0 aliphatic carbocycles. The maximum atomic E-state index is 14.2. The van der Waals surface area contributed by atoms with Crippen LogP contribution in [-0.4, -0.2) is 44.7 Å². The Morgan fingerprint density at radius 3 is 1.45 bits per heavy atom. The van der Waals surface area contributed by atoms with E-state index in [9.17, 15) is 19.2 Å². The number of hydrogen-bond acceptors (Lipinski definition) is 6. The average Bonchev–Trinajstić information content (AvgIpc) is 3.53. The summed E-state index contributed by atoms with van der Waals surface area (Å²) < 4.78 is 13.1. The minimum absolute atomic E-state index is 0.0389. The summed E-state index contributed by atoms with van der Waals surface area (Å²) in [5.41, 5.74) is 0.936. The Labute approximate surface area is 241 Å². The predicted molar refractivity (Wildman–Crippen MR) is 157 cm³/mol. The lowest BCUT2D eigenvalue weighted by atomic mass is 9.84. The van der Waals surface area contributed by atoms with E-state index in [1.165, 1.54) is 9.36 Å². The van der Waals surface area contributed by atoms with Crippen LogP contribution in [0.2, 0.25) is 0 Å². The van der Waals surface area contributed by atoms with E-state index in [1.54, 1.807) is 86.6 Å². The lowest BCUT2D eigenvalue weighted by molar-refractivity contribution is 0.0510. The van der Waals surface area contributed by atoms with Gasteiger partial charge in [0.25, 0.3) is 11.1 Å². The summed E-state index contributed by atoms with van der Waals surface area (Å²) in [6.45, 7) is 5.34. The minimum atomic E-state index is -1.15. The van der Waals surface area contributed by atoms with E-state index in [-0.39, 0.29) is 35.7 Å². The zero-order chi connectivity index (χ0) is 29.8. The molecule has 10 nitrogen and oxygen atoms in total. The average molecular weight is 567 g/mol. The Morgan fingerprint density at radius 2 is 1.07 bits per heavy atom. The molecule has 5 rings (SSSR count). The topological polar surface area (TPSA) is 128 Å². The van der Waals surface area contributed by atoms with Gasteiger partial charge in [-0.15, -0.1) is 0 Å². The van der Waals surface area contributed by atoms with Crippen molar-refractivity contribution in [2.45, 2.75) is 26.7 Å². The van der Waals surface area contributed by atoms with Crippen molar-refractivity contribution in [1.82, 2.24) is 19.6 Å². The van der Waals surface area contributed by atoms with Gasteiger partial charge in [-0.3, -0.25) is 19.8 Å². The first-order valence-electron chi connectivity index (χ1n) is 13.6. The summed E-state index contributed by atoms with van der Waals surface area (Å²) in [6.07, 6.45) is 0. The third-order valence-corrected chi connectivity index (χ3v) is 6.83. The summed E-state index contributed by atoms with van der Waals surface area (Å²) in [4.78, 5) is 55.1. The van der Waals surface area contributed by atoms with Crippen LogP contribution in [0.4, 0.5) is 0 Å². The zero-order valence-electron chi connectivity index (χ0n) is 23.4. The molecule has 10 heteroatoms. The molecule has 0 amide bonds. The first-order valence-corrected chi connectivity index (χ1v) is 13.6. The number of para-hydroxylation sites is 2. The molecule has 0 aliphatic rings. The number of nitrogens with zero attached hydrogens (tertiary/aromatic N) is 2. The van der Waals surface area contributed by atoms with Crippen molar-refractivity contribution >= 4 is 11.9 Å². The number of carbonyl (C=O) groups is 2. The molecule has 3 aromatic carbocycles. The number of esters is 2. The number of carbonyl (C=O) groups excluding carboxylic acids is 2. The van der Waals surface area contributed by atoms with Gasteiger partial charge in [-0.25, -0.2) is 19.0 Å². The molecule has 0 saturated heterocycles. The van der Waals surface area contributed by atoms with E-state index in [0.717, 1.165) is 5.56 Å². The lowest BCUT2D eigenvalue weighted by Gasteiger charge is -2.17. The first kappa shape index (κ1) is 28.2. The number of aromatic amines is 2. The fourth-order valence-corrected chi connectivity index (χ4v) is 4.91. The molecule has 2 heterocycles. The van der Waals surface area contributed by atoms with Crippen molar-refractivity contribution in [3.63, 3.8) is 0 Å². The molecule has 2 aromatic heterocycles. The van der Waals surface area contributed by atoms with E-state index in [2.05, 4.69) is 10.2 Å². The van der Waals surface area contributed by atoms with Crippen LogP contribution >= 0.6 is 0 Å². The van der Waals surface area contributed by atoms with E-state index in [0.29, 0.717) is 16.9 Å². The quantitative estimate of drug-likeness (QED) is 0.253. The Bertz CT molecular complexity index is 1720. The number of H-pyrrole nitrogens is 2. The molecule has 214 valence electrons. The second-order valence-corrected chi connectivity index (χ2v) is 9.54. The van der Waals surface area contributed by atoms with E-state index in [4.69, 9.17) is 9.47 Å². The molecule has 5 aromatic rings. The second-order valence-electron chi connectivity index (χ2n) is 9.54. The number of ether oxygens (including phenoxy) is 2. The summed E-state index contributed by atoms with van der Waals surface area (Å²) in [5, 5.41) is 5.82. The largest absolute Gasteiger partial charge is 0.461 e. The molecule has 0 bridgehead atoms. The van der Waals surface area contributed by atoms with Gasteiger partial charge >= 0.3 is 11.9 Å². The van der Waals surface area contributed by atoms with Gasteiger partial charge in [-0.1, -0.05) is 66.2 Å². The fourth-order valence-electron chi connectivity index (χ4n) is 4.91. The van der Waals surface area contributed by atoms with Gasteiger partial charge in [0.1, 0.15) is 0 Å². The third-order valence-electron chi connectivity index (χ3n) is 6.83. The molecule has 2 N–H and O–H groups in total. The van der Waals surface area contributed by atoms with Crippen LogP contribution in [0.1, 0.15) is 63.0 Å². The van der Waals surface area contributed by atoms with Crippen molar-refractivity contribution in [2.75, 3.05) is 13.2 Å². The predicted octanol–water partition coefficient (Wildman–Crippen LogP) is 4.49. The van der Waals surface area contributed by atoms with Crippen LogP contribution in [0.15, 0.2) is 94.5 Å². The van der Waals surface area contributed by atoms with Gasteiger partial charge in [0, 0.05) is 5.92 Å². The number of nitrogens with one attached hydrogen (secondary N) is 2. The summed E-state index contributed by atoms with van der Waals surface area (Å²) in [7, 11) is 0. The number of aryl methyl sites for hydroxylation is 1. The lowest BCUT2D eigenvalue weighted by Crippen LogP contribution is -2.27. The number of aromatic nitrogens is 4. The van der Waals surface area contributed by atoms with Crippen LogP contribution in [0.25, 0.3) is 11.4 Å². The molecular weight excluding hydrogens is 536 g/mol. The van der Waals surface area contributed by atoms with E-state index >= 15 is 0 Å². The molecule has 0 unspecified atom stereocenters. The number of hydrogen-bond donors (Lipinski definition) is 2. The highest BCUT2D eigenvalue weighted by Crippen LogP contribution is 2.33. The van der Waals surface area contributed by atoms with Crippen molar-refractivity contribution in [1.29, 1.82) is 0 Å². The normalized spacial score (nSPS) is 11.0. The zero-order valence-corrected chi connectivity index (χ0v) is 23.4. The van der Waals surface area contributed by atoms with Gasteiger partial charge in [0.15, 0.2) is 11.4 Å². The smallest absolute Gasteiger partial charge is 0.356 e. The molecule has 0 spiro atoms. The summed E-state index contributed by atoms with van der Waals surface area (Å²) >= 11 is 0. The molecule has 0 atom stereocenters. The van der Waals surface area contributed by atoms with Gasteiger partial charge in [0.2, 0.25) is 0 Å². The van der Waals surface area contributed by atoms with Gasteiger partial charge < -0.3 is 9.47 Å². The summed E-state index contributed by atoms with van der Waals surface area (Å²) in [5.74, 6) is -2.69. The molecule has 0 fully saturated rings. The Hall–Kier alpha value is -5.38. The van der Waals surface area contributed by atoms with Crippen LogP contribution < -0.4 is 11.1 Å². The SMILES string of the molecule is CCOC(=O)c1[nH]n(-c2ccccc2)c(=O)c1C(c1ccc(C)cc1)c1c(C(=O)OCC)[nH]n(-c2ccccc2)c1=O. The molecule has 42 heavy (non-hydrogen) atoms. The Kier molecular flexibility index (Phi) is 8.05. The highest BCUT2D eigenvalue weighted by molar-refractivity contribution is 5.92. The van der Waals surface area contributed by atoms with Gasteiger partial charge in [0.05, 0.1) is 35.7 Å². The Morgan fingerprint density at radius 1 is 0.667 bits per heavy atom. The highest BCUT2D eigenvalue weighted by Gasteiger charge is 2.37. The highest BCUT2D eigenvalue weighted by atomic mass is 16.5. The second kappa shape index (κ2) is 12.0. The molecule has 0 aliphatic heterocycles.